The van der Waals surface area contributed by atoms with Crippen molar-refractivity contribution in [2.75, 3.05) is 113 Å². The Morgan fingerprint density at radius 2 is 1.35 bits per heavy atom. The van der Waals surface area contributed by atoms with Gasteiger partial charge in [-0.05, 0) is 142 Å². The van der Waals surface area contributed by atoms with Gasteiger partial charge in [0.05, 0.1) is 59.1 Å². The van der Waals surface area contributed by atoms with Crippen LogP contribution in [0.25, 0.3) is 0 Å². The van der Waals surface area contributed by atoms with Crippen molar-refractivity contribution in [2.24, 2.45) is 10.8 Å². The standard InChI is InChI=1S/C58H72N14O4S2/c1-5-49(73)71-21-19-69(30-39(71)11-16-59)52-43-9-14-57(25-37-13-23-77-54(37)62-36-57)26-46(43)63-56(66-52)76-33-42-24-38(29-68(42)4)45-34-78-48-28-58(35-61-51(45)48)15-10-44-47(27-58)64-55(75-32-41-8-7-18-67(41)3)65-53(44)70-20-22-72(50(74)6-2)40(31-70)12-17-60/h5-6,13,23,34,38-42,61-62H,1-2,7-12,14-15,18-22,24-33,35-36H2,3-4H3. The molecule has 4 fully saturated rings. The van der Waals surface area contributed by atoms with E-state index in [4.69, 9.17) is 29.4 Å². The maximum Gasteiger partial charge on any atom is 0.318 e. The third-order valence-electron chi connectivity index (χ3n) is 18.7. The largest absolute Gasteiger partial charge is 0.462 e. The SMILES string of the molecule is C=CC(=O)N1CCN(c2nc(OCC3CC(c4csc5c4NCC4(CCc6c(nc(OCC7CCCN7C)nc6N6CCN(C(=O)C=C)C(CC#N)C6)C4)C5)CN3C)nc3c2CCC2(CNc4sccc4C2)C3)CC1CC#N. The van der Waals surface area contributed by atoms with E-state index in [0.29, 0.717) is 76.5 Å². The Kier molecular flexibility index (Phi) is 14.6. The smallest absolute Gasteiger partial charge is 0.318 e. The number of hydrogen-bond donors (Lipinski definition) is 2. The zero-order chi connectivity index (χ0) is 53.7. The van der Waals surface area contributed by atoms with Crippen LogP contribution in [-0.2, 0) is 48.1 Å². The Morgan fingerprint density at radius 1 is 0.744 bits per heavy atom. The lowest BCUT2D eigenvalue weighted by Gasteiger charge is -2.44. The van der Waals surface area contributed by atoms with Gasteiger partial charge in [-0.1, -0.05) is 13.2 Å². The fourth-order valence-electron chi connectivity index (χ4n) is 14.3. The molecule has 8 aliphatic rings. The molecule has 4 saturated heterocycles. The maximum absolute atomic E-state index is 12.9. The molecule has 2 amide bonds. The summed E-state index contributed by atoms with van der Waals surface area (Å²) in [5, 5.41) is 33.2. The number of likely N-dealkylation sites (N-methyl/N-ethyl adjacent to an activating group) is 2. The molecule has 0 radical (unpaired) electrons. The Bertz CT molecular complexity index is 3060. The van der Waals surface area contributed by atoms with Gasteiger partial charge in [0, 0.05) is 92.9 Å². The van der Waals surface area contributed by atoms with Gasteiger partial charge in [-0.25, -0.2) is 0 Å². The van der Waals surface area contributed by atoms with E-state index in [-0.39, 0.29) is 53.6 Å². The van der Waals surface area contributed by atoms with Crippen LogP contribution in [0.4, 0.5) is 22.3 Å². The lowest BCUT2D eigenvalue weighted by molar-refractivity contribution is -0.129. The van der Waals surface area contributed by atoms with E-state index in [1.807, 2.05) is 11.3 Å². The normalized spacial score (nSPS) is 27.7. The predicted octanol–water partition coefficient (Wildman–Crippen LogP) is 6.25. The molecule has 0 saturated carbocycles. The van der Waals surface area contributed by atoms with E-state index in [0.717, 1.165) is 131 Å². The number of rotatable bonds is 13. The highest BCUT2D eigenvalue weighted by atomic mass is 32.1. The highest BCUT2D eigenvalue weighted by Crippen LogP contribution is 2.50. The summed E-state index contributed by atoms with van der Waals surface area (Å²) in [6, 6.07) is 7.66. The molecule has 6 aliphatic heterocycles. The predicted molar refractivity (Wildman–Crippen MR) is 303 cm³/mol. The van der Waals surface area contributed by atoms with Crippen LogP contribution >= 0.6 is 22.7 Å². The van der Waals surface area contributed by atoms with Gasteiger partial charge in [0.1, 0.15) is 24.8 Å². The highest BCUT2D eigenvalue weighted by Gasteiger charge is 2.45. The monoisotopic (exact) mass is 1090 g/mol. The summed E-state index contributed by atoms with van der Waals surface area (Å²) >= 11 is 3.66. The zero-order valence-electron chi connectivity index (χ0n) is 45.2. The van der Waals surface area contributed by atoms with Gasteiger partial charge >= 0.3 is 12.0 Å². The fourth-order valence-corrected chi connectivity index (χ4v) is 16.4. The zero-order valence-corrected chi connectivity index (χ0v) is 46.8. The second-order valence-electron chi connectivity index (χ2n) is 23.5. The van der Waals surface area contributed by atoms with Gasteiger partial charge < -0.3 is 44.6 Å². The van der Waals surface area contributed by atoms with E-state index in [1.54, 1.807) is 21.1 Å². The molecule has 410 valence electrons. The van der Waals surface area contributed by atoms with Crippen molar-refractivity contribution in [2.45, 2.75) is 114 Å². The number of nitrogens with zero attached hydrogens (tertiary/aromatic N) is 12. The van der Waals surface area contributed by atoms with Crippen LogP contribution in [0.5, 0.6) is 12.0 Å². The second-order valence-corrected chi connectivity index (χ2v) is 25.4. The van der Waals surface area contributed by atoms with Crippen LogP contribution in [0.1, 0.15) is 89.4 Å². The minimum absolute atomic E-state index is 0.0150. The number of piperazine rings is 2. The minimum atomic E-state index is -0.268. The van der Waals surface area contributed by atoms with Crippen molar-refractivity contribution in [1.29, 1.82) is 10.5 Å². The summed E-state index contributed by atoms with van der Waals surface area (Å²) in [6.07, 6.45) is 13.7. The molecule has 10 heterocycles. The lowest BCUT2D eigenvalue weighted by Crippen LogP contribution is -2.55. The maximum atomic E-state index is 12.9. The van der Waals surface area contributed by atoms with Gasteiger partial charge in [0.25, 0.3) is 0 Å². The lowest BCUT2D eigenvalue weighted by atomic mass is 9.68. The Morgan fingerprint density at radius 3 is 1.94 bits per heavy atom. The number of hydrogen-bond acceptors (Lipinski definition) is 18. The number of fused-ring (bicyclic) bond motifs is 4. The van der Waals surface area contributed by atoms with Gasteiger partial charge in [0.2, 0.25) is 11.8 Å². The molecule has 2 N–H and O–H groups in total. The van der Waals surface area contributed by atoms with Crippen LogP contribution < -0.4 is 29.9 Å². The Balaban J connectivity index is 0.749. The van der Waals surface area contributed by atoms with Crippen LogP contribution in [0, 0.1) is 33.5 Å². The first-order chi connectivity index (χ1) is 37.9. The molecule has 7 unspecified atom stereocenters. The molecule has 20 heteroatoms. The van der Waals surface area contributed by atoms with Crippen molar-refractivity contribution in [3.05, 3.63) is 80.7 Å². The number of nitriles is 2. The summed E-state index contributed by atoms with van der Waals surface area (Å²) in [6.45, 7) is 15.4. The highest BCUT2D eigenvalue weighted by molar-refractivity contribution is 7.14. The summed E-state index contributed by atoms with van der Waals surface area (Å²) in [5.74, 6) is 1.81. The molecule has 2 spiro atoms. The number of carbonyl (C=O) groups is 2. The summed E-state index contributed by atoms with van der Waals surface area (Å²) < 4.78 is 13.2. The average Bonchev–Trinajstić information content (AvgIpc) is 4.37. The average molecular weight is 1090 g/mol. The number of aromatic nitrogens is 4. The molecule has 2 aliphatic carbocycles. The molecule has 4 aromatic heterocycles. The number of ether oxygens (including phenoxy) is 2. The van der Waals surface area contributed by atoms with Gasteiger partial charge in [-0.3, -0.25) is 14.5 Å². The quantitative estimate of drug-likeness (QED) is 0.143. The first-order valence-electron chi connectivity index (χ1n) is 28.2. The van der Waals surface area contributed by atoms with E-state index >= 15 is 0 Å². The molecule has 18 nitrogen and oxygen atoms in total. The van der Waals surface area contributed by atoms with Crippen molar-refractivity contribution in [3.8, 4) is 24.2 Å². The van der Waals surface area contributed by atoms with Gasteiger partial charge in [-0.15, -0.1) is 22.7 Å². The number of anilines is 4. The number of thiophene rings is 2. The molecule has 0 aromatic carbocycles. The summed E-state index contributed by atoms with van der Waals surface area (Å²) in [7, 11) is 4.36. The van der Waals surface area contributed by atoms with Gasteiger partial charge in [-0.2, -0.15) is 30.5 Å². The first kappa shape index (κ1) is 52.4. The second kappa shape index (κ2) is 21.7. The topological polar surface area (TPSA) is 195 Å². The van der Waals surface area contributed by atoms with Crippen LogP contribution in [0.15, 0.2) is 42.1 Å². The van der Waals surface area contributed by atoms with Crippen molar-refractivity contribution in [3.63, 3.8) is 0 Å². The number of amides is 2. The van der Waals surface area contributed by atoms with Crippen LogP contribution in [0.2, 0.25) is 0 Å². The van der Waals surface area contributed by atoms with E-state index in [9.17, 15) is 20.1 Å². The van der Waals surface area contributed by atoms with Crippen molar-refractivity contribution < 1.29 is 19.1 Å². The molecule has 0 bridgehead atoms. The fraction of sp³-hybridized carbons (Fsp3) is 0.586. The first-order valence-corrected chi connectivity index (χ1v) is 29.9. The Labute approximate surface area is 466 Å². The summed E-state index contributed by atoms with van der Waals surface area (Å²) in [5.41, 5.74) is 8.53. The van der Waals surface area contributed by atoms with E-state index < -0.39 is 0 Å². The summed E-state index contributed by atoms with van der Waals surface area (Å²) in [4.78, 5) is 60.8. The molecule has 12 rings (SSSR count). The molecular weight excluding hydrogens is 1020 g/mol. The van der Waals surface area contributed by atoms with E-state index in [1.165, 1.54) is 38.8 Å². The van der Waals surface area contributed by atoms with Gasteiger partial charge in [0.15, 0.2) is 0 Å². The number of carbonyl (C=O) groups excluding carboxylic acids is 2. The number of nitrogens with one attached hydrogen (secondary N) is 2. The van der Waals surface area contributed by atoms with Crippen molar-refractivity contribution >= 4 is 56.8 Å². The molecular formula is C58H72N14O4S2. The van der Waals surface area contributed by atoms with Crippen LogP contribution in [-0.4, -0.2) is 168 Å². The van der Waals surface area contributed by atoms with Crippen molar-refractivity contribution in [1.82, 2.24) is 39.5 Å². The van der Waals surface area contributed by atoms with Crippen LogP contribution in [0.3, 0.4) is 0 Å². The molecule has 4 aromatic rings. The minimum Gasteiger partial charge on any atom is -0.462 e. The third kappa shape index (κ3) is 10.1. The molecule has 7 atom stereocenters. The van der Waals surface area contributed by atoms with E-state index in [2.05, 4.69) is 86.5 Å². The molecule has 78 heavy (non-hydrogen) atoms. The Hall–Kier alpha value is -6.32. The third-order valence-corrected chi connectivity index (χ3v) is 20.7. The number of likely N-dealkylation sites (tertiary alicyclic amines) is 2.